The molecule has 1 aromatic heterocycles. The molecule has 136 valence electrons. The lowest BCUT2D eigenvalue weighted by atomic mass is 10.1. The molecule has 0 unspecified atom stereocenters. The summed E-state index contributed by atoms with van der Waals surface area (Å²) in [5.74, 6) is -1.18. The van der Waals surface area contributed by atoms with Crippen molar-refractivity contribution >= 4 is 58.4 Å². The van der Waals surface area contributed by atoms with Gasteiger partial charge in [-0.15, -0.1) is 0 Å². The van der Waals surface area contributed by atoms with Gasteiger partial charge in [-0.3, -0.25) is 4.99 Å². The third-order valence-electron chi connectivity index (χ3n) is 3.33. The largest absolute Gasteiger partial charge is 0.506 e. The molecule has 2 aromatic rings. The Bertz CT molecular complexity index is 875. The number of ether oxygens (including phenoxy) is 1. The van der Waals surface area contributed by atoms with Crippen molar-refractivity contribution in [2.24, 2.45) is 4.99 Å². The maximum atomic E-state index is 12.3. The van der Waals surface area contributed by atoms with Crippen molar-refractivity contribution in [3.63, 3.8) is 0 Å². The van der Waals surface area contributed by atoms with E-state index in [1.807, 2.05) is 13.0 Å². The fourth-order valence-corrected chi connectivity index (χ4v) is 2.77. The van der Waals surface area contributed by atoms with Crippen LogP contribution in [-0.4, -0.2) is 28.9 Å². The van der Waals surface area contributed by atoms with Crippen molar-refractivity contribution in [3.05, 3.63) is 62.4 Å². The Labute approximate surface area is 165 Å². The molecule has 5 nitrogen and oxygen atoms in total. The summed E-state index contributed by atoms with van der Waals surface area (Å²) in [6.45, 7) is 3.60. The highest BCUT2D eigenvalue weighted by atomic mass is 35.5. The van der Waals surface area contributed by atoms with E-state index in [-0.39, 0.29) is 28.0 Å². The summed E-state index contributed by atoms with van der Waals surface area (Å²) >= 11 is 17.9. The number of carbonyl (C=O) groups is 1. The van der Waals surface area contributed by atoms with Crippen LogP contribution in [0, 0.1) is 6.92 Å². The third kappa shape index (κ3) is 4.75. The Kier molecular flexibility index (Phi) is 7.03. The normalized spacial score (nSPS) is 12.2. The molecule has 0 aliphatic carbocycles. The number of aliphatic imine (C=N–C) groups is 1. The van der Waals surface area contributed by atoms with Gasteiger partial charge >= 0.3 is 5.97 Å². The third-order valence-corrected chi connectivity index (χ3v) is 4.14. The van der Waals surface area contributed by atoms with Crippen LogP contribution in [0.2, 0.25) is 15.3 Å². The number of rotatable bonds is 5. The molecule has 26 heavy (non-hydrogen) atoms. The number of esters is 1. The second kappa shape index (κ2) is 9.03. The molecule has 1 aromatic carbocycles. The molecule has 0 bridgehead atoms. The number of carbonyl (C=O) groups excluding carboxylic acids is 1. The summed E-state index contributed by atoms with van der Waals surface area (Å²) in [7, 11) is 0. The first kappa shape index (κ1) is 20.2. The summed E-state index contributed by atoms with van der Waals surface area (Å²) in [6.07, 6.45) is 1.19. The van der Waals surface area contributed by atoms with Gasteiger partial charge in [-0.1, -0.05) is 46.9 Å². The van der Waals surface area contributed by atoms with Gasteiger partial charge in [0.25, 0.3) is 0 Å². The number of hydrogen-bond acceptors (Lipinski definition) is 5. The molecule has 0 radical (unpaired) electrons. The summed E-state index contributed by atoms with van der Waals surface area (Å²) in [4.78, 5) is 20.4. The van der Waals surface area contributed by atoms with E-state index >= 15 is 0 Å². The summed E-state index contributed by atoms with van der Waals surface area (Å²) in [5, 5.41) is 11.1. The fourth-order valence-electron chi connectivity index (χ4n) is 2.07. The van der Waals surface area contributed by atoms with Gasteiger partial charge in [0.1, 0.15) is 21.6 Å². The van der Waals surface area contributed by atoms with Crippen LogP contribution in [0.25, 0.3) is 5.76 Å². The van der Waals surface area contributed by atoms with E-state index in [9.17, 15) is 9.90 Å². The Balaban J connectivity index is 2.56. The fraction of sp³-hybridized carbons (Fsp3) is 0.167. The maximum absolute atomic E-state index is 12.3. The standard InChI is InChI=1S/C18H15Cl3N2O3/c1-3-26-18(25)12(9-22-15-10(2)5-4-6-13(15)19)16(24)11-7-8-14(20)23-17(11)21/h4-9,24H,3H2,1-2H3. The quantitative estimate of drug-likeness (QED) is 0.228. The molecule has 0 fully saturated rings. The van der Waals surface area contributed by atoms with Gasteiger partial charge in [-0.2, -0.15) is 0 Å². The topological polar surface area (TPSA) is 71.8 Å². The lowest BCUT2D eigenvalue weighted by Crippen LogP contribution is -2.11. The van der Waals surface area contributed by atoms with Crippen LogP contribution in [0.1, 0.15) is 18.1 Å². The first-order valence-corrected chi connectivity index (χ1v) is 8.70. The van der Waals surface area contributed by atoms with Crippen LogP contribution >= 0.6 is 34.8 Å². The minimum atomic E-state index is -0.760. The van der Waals surface area contributed by atoms with E-state index in [2.05, 4.69) is 9.98 Å². The minimum Gasteiger partial charge on any atom is -0.506 e. The second-order valence-corrected chi connectivity index (χ2v) is 6.27. The number of pyridine rings is 1. The zero-order valence-electron chi connectivity index (χ0n) is 14.0. The van der Waals surface area contributed by atoms with E-state index < -0.39 is 11.7 Å². The van der Waals surface area contributed by atoms with E-state index in [0.717, 1.165) is 5.56 Å². The molecule has 1 N–H and O–H groups in total. The number of halogens is 3. The lowest BCUT2D eigenvalue weighted by Gasteiger charge is -2.09. The van der Waals surface area contributed by atoms with Crippen molar-refractivity contribution < 1.29 is 14.6 Å². The van der Waals surface area contributed by atoms with Gasteiger partial charge < -0.3 is 9.84 Å². The number of para-hydroxylation sites is 1. The Morgan fingerprint density at radius 1 is 1.27 bits per heavy atom. The molecule has 0 saturated heterocycles. The van der Waals surface area contributed by atoms with Gasteiger partial charge in [0.15, 0.2) is 0 Å². The second-order valence-electron chi connectivity index (χ2n) is 5.12. The molecule has 0 atom stereocenters. The molecule has 2 rings (SSSR count). The number of aromatic nitrogens is 1. The summed E-state index contributed by atoms with van der Waals surface area (Å²) in [6, 6.07) is 8.17. The maximum Gasteiger partial charge on any atom is 0.343 e. The van der Waals surface area contributed by atoms with Gasteiger partial charge in [-0.05, 0) is 37.6 Å². The molecular weight excluding hydrogens is 399 g/mol. The molecule has 0 spiro atoms. The Hall–Kier alpha value is -2.08. The lowest BCUT2D eigenvalue weighted by molar-refractivity contribution is -0.137. The van der Waals surface area contributed by atoms with Crippen LogP contribution in [-0.2, 0) is 9.53 Å². The Morgan fingerprint density at radius 3 is 2.62 bits per heavy atom. The van der Waals surface area contributed by atoms with Crippen LogP contribution in [0.15, 0.2) is 40.9 Å². The molecule has 1 heterocycles. The zero-order chi connectivity index (χ0) is 19.3. The molecule has 0 saturated carbocycles. The first-order chi connectivity index (χ1) is 12.3. The number of benzene rings is 1. The highest BCUT2D eigenvalue weighted by Crippen LogP contribution is 2.29. The van der Waals surface area contributed by atoms with Crippen molar-refractivity contribution in [1.29, 1.82) is 0 Å². The van der Waals surface area contributed by atoms with Crippen molar-refractivity contribution in [1.82, 2.24) is 4.98 Å². The predicted molar refractivity (Wildman–Crippen MR) is 105 cm³/mol. The van der Waals surface area contributed by atoms with Gasteiger partial charge in [0.2, 0.25) is 0 Å². The number of nitrogens with zero attached hydrogens (tertiary/aromatic N) is 2. The number of aliphatic hydroxyl groups excluding tert-OH is 1. The average Bonchev–Trinajstić information content (AvgIpc) is 2.57. The molecule has 0 aliphatic rings. The monoisotopic (exact) mass is 412 g/mol. The molecular formula is C18H15Cl3N2O3. The molecule has 0 aliphatic heterocycles. The average molecular weight is 414 g/mol. The van der Waals surface area contributed by atoms with E-state index in [0.29, 0.717) is 10.7 Å². The van der Waals surface area contributed by atoms with E-state index in [1.54, 1.807) is 19.1 Å². The zero-order valence-corrected chi connectivity index (χ0v) is 16.2. The Morgan fingerprint density at radius 2 is 2.00 bits per heavy atom. The summed E-state index contributed by atoms with van der Waals surface area (Å²) < 4.78 is 4.99. The van der Waals surface area contributed by atoms with Gasteiger partial charge in [0, 0.05) is 6.21 Å². The highest BCUT2D eigenvalue weighted by Gasteiger charge is 2.19. The van der Waals surface area contributed by atoms with Crippen molar-refractivity contribution in [3.8, 4) is 0 Å². The SMILES string of the molecule is CCOC(=O)C(C=Nc1c(C)cccc1Cl)=C(O)c1ccc(Cl)nc1Cl. The van der Waals surface area contributed by atoms with Gasteiger partial charge in [0.05, 0.1) is 22.9 Å². The first-order valence-electron chi connectivity index (χ1n) is 7.57. The smallest absolute Gasteiger partial charge is 0.343 e. The summed E-state index contributed by atoms with van der Waals surface area (Å²) in [5.41, 5.74) is 1.23. The van der Waals surface area contributed by atoms with Crippen molar-refractivity contribution in [2.45, 2.75) is 13.8 Å². The van der Waals surface area contributed by atoms with Crippen LogP contribution < -0.4 is 0 Å². The molecule has 8 heteroatoms. The highest BCUT2D eigenvalue weighted by molar-refractivity contribution is 6.34. The number of aliphatic hydroxyl groups is 1. The molecule has 0 amide bonds. The number of aryl methyl sites for hydroxylation is 1. The minimum absolute atomic E-state index is 0.0564. The number of hydrogen-bond donors (Lipinski definition) is 1. The van der Waals surface area contributed by atoms with Crippen LogP contribution in [0.5, 0.6) is 0 Å². The van der Waals surface area contributed by atoms with Crippen molar-refractivity contribution in [2.75, 3.05) is 6.61 Å². The van der Waals surface area contributed by atoms with Gasteiger partial charge in [-0.25, -0.2) is 9.78 Å². The van der Waals surface area contributed by atoms with Crippen LogP contribution in [0.3, 0.4) is 0 Å². The van der Waals surface area contributed by atoms with E-state index in [4.69, 9.17) is 39.5 Å². The van der Waals surface area contributed by atoms with Crippen LogP contribution in [0.4, 0.5) is 5.69 Å². The predicted octanol–water partition coefficient (Wildman–Crippen LogP) is 5.58. The van der Waals surface area contributed by atoms with E-state index in [1.165, 1.54) is 18.3 Å².